The number of benzene rings is 1. The highest BCUT2D eigenvalue weighted by atomic mass is 16.5. The van der Waals surface area contributed by atoms with Crippen LogP contribution >= 0.6 is 0 Å². The van der Waals surface area contributed by atoms with Crippen LogP contribution in [-0.2, 0) is 20.9 Å². The minimum atomic E-state index is -0.953. The van der Waals surface area contributed by atoms with E-state index in [1.807, 2.05) is 6.07 Å². The first-order valence-electron chi connectivity index (χ1n) is 10.9. The summed E-state index contributed by atoms with van der Waals surface area (Å²) < 4.78 is 6.27. The average Bonchev–Trinajstić information content (AvgIpc) is 2.98. The van der Waals surface area contributed by atoms with Crippen molar-refractivity contribution in [2.24, 2.45) is 0 Å². The van der Waals surface area contributed by atoms with Crippen LogP contribution in [0, 0.1) is 0 Å². The fraction of sp³-hybridized carbons (Fsp3) is 0.545. The van der Waals surface area contributed by atoms with E-state index in [-0.39, 0.29) is 30.5 Å². The van der Waals surface area contributed by atoms with E-state index in [1.165, 1.54) is 6.42 Å². The lowest BCUT2D eigenvalue weighted by atomic mass is 9.79. The monoisotopic (exact) mass is 426 g/mol. The number of nitrogens with one attached hydrogen (secondary N) is 3. The Kier molecular flexibility index (Phi) is 5.11. The predicted molar refractivity (Wildman–Crippen MR) is 109 cm³/mol. The predicted octanol–water partition coefficient (Wildman–Crippen LogP) is 0.0885. The summed E-state index contributed by atoms with van der Waals surface area (Å²) >= 11 is 0. The Morgan fingerprint density at radius 1 is 1.16 bits per heavy atom. The molecular formula is C22H26N4O5. The van der Waals surface area contributed by atoms with Crippen molar-refractivity contribution >= 4 is 23.6 Å². The Balaban J connectivity index is 1.27. The van der Waals surface area contributed by atoms with E-state index >= 15 is 0 Å². The molecule has 0 radical (unpaired) electrons. The van der Waals surface area contributed by atoms with Crippen molar-refractivity contribution in [1.82, 2.24) is 20.9 Å². The second-order valence-electron chi connectivity index (χ2n) is 8.83. The molecule has 0 aromatic heterocycles. The second-order valence-corrected chi connectivity index (χ2v) is 8.83. The molecule has 164 valence electrons. The van der Waals surface area contributed by atoms with E-state index in [1.54, 1.807) is 12.1 Å². The molecule has 2 unspecified atom stereocenters. The molecule has 2 atom stereocenters. The van der Waals surface area contributed by atoms with Gasteiger partial charge in [0.25, 0.3) is 11.8 Å². The number of amides is 4. The molecule has 1 aliphatic carbocycles. The molecule has 5 rings (SSSR count). The topological polar surface area (TPSA) is 117 Å². The zero-order valence-electron chi connectivity index (χ0n) is 17.2. The van der Waals surface area contributed by atoms with E-state index in [0.717, 1.165) is 30.8 Å². The summed E-state index contributed by atoms with van der Waals surface area (Å²) in [6.45, 7) is 2.74. The minimum Gasteiger partial charge on any atom is -0.368 e. The lowest BCUT2D eigenvalue weighted by Crippen LogP contribution is -2.59. The number of piperidine rings is 1. The maximum atomic E-state index is 13.1. The lowest BCUT2D eigenvalue weighted by Gasteiger charge is -2.47. The van der Waals surface area contributed by atoms with E-state index in [0.29, 0.717) is 29.8 Å². The number of carbonyl (C=O) groups excluding carboxylic acids is 4. The fourth-order valence-corrected chi connectivity index (χ4v) is 4.98. The number of fused-ring (bicyclic) bond motifs is 1. The summed E-state index contributed by atoms with van der Waals surface area (Å²) in [4.78, 5) is 50.7. The third-order valence-corrected chi connectivity index (χ3v) is 6.74. The van der Waals surface area contributed by atoms with Gasteiger partial charge in [-0.2, -0.15) is 0 Å². The zero-order valence-corrected chi connectivity index (χ0v) is 17.2. The van der Waals surface area contributed by atoms with Crippen molar-refractivity contribution < 1.29 is 23.9 Å². The van der Waals surface area contributed by atoms with Crippen LogP contribution < -0.4 is 16.0 Å². The fourth-order valence-electron chi connectivity index (χ4n) is 4.98. The van der Waals surface area contributed by atoms with Gasteiger partial charge in [-0.1, -0.05) is 12.1 Å². The molecule has 1 spiro atoms. The standard InChI is InChI=1S/C22H26N4O5/c27-17-6-5-16(19(28)25-17)26-20(29)15-4-1-3-13(18(15)21(26)30)9-23-10-14-11-24-12-22(31-14)7-2-8-22/h1,3-4,14,16,23-24H,2,5-12H2,(H,25,27,28). The Morgan fingerprint density at radius 3 is 2.74 bits per heavy atom. The number of morpholine rings is 1. The van der Waals surface area contributed by atoms with Crippen LogP contribution in [0.5, 0.6) is 0 Å². The van der Waals surface area contributed by atoms with Gasteiger partial charge in [-0.05, 0) is 37.3 Å². The Bertz CT molecular complexity index is 957. The van der Waals surface area contributed by atoms with E-state index in [9.17, 15) is 19.2 Å². The first kappa shape index (κ1) is 20.3. The summed E-state index contributed by atoms with van der Waals surface area (Å²) in [6, 6.07) is 4.22. The maximum absolute atomic E-state index is 13.1. The van der Waals surface area contributed by atoms with Gasteiger partial charge in [-0.25, -0.2) is 0 Å². The SMILES string of the molecule is O=C1CCC(N2C(=O)c3cccc(CNCC4CNCC5(CCC5)O4)c3C2=O)C(=O)N1. The van der Waals surface area contributed by atoms with Crippen molar-refractivity contribution in [3.05, 3.63) is 34.9 Å². The van der Waals surface area contributed by atoms with Gasteiger partial charge < -0.3 is 15.4 Å². The Morgan fingerprint density at radius 2 is 2.00 bits per heavy atom. The van der Waals surface area contributed by atoms with E-state index in [4.69, 9.17) is 4.74 Å². The van der Waals surface area contributed by atoms with Crippen LogP contribution in [0.2, 0.25) is 0 Å². The minimum absolute atomic E-state index is 0.0105. The third-order valence-electron chi connectivity index (χ3n) is 6.74. The normalized spacial score (nSPS) is 27.3. The summed E-state index contributed by atoms with van der Waals surface area (Å²) in [5, 5.41) is 9.03. The third kappa shape index (κ3) is 3.56. The largest absolute Gasteiger partial charge is 0.368 e. The molecule has 4 amide bonds. The number of ether oxygens (including phenoxy) is 1. The maximum Gasteiger partial charge on any atom is 0.262 e. The van der Waals surface area contributed by atoms with Crippen molar-refractivity contribution in [2.75, 3.05) is 19.6 Å². The number of imide groups is 2. The summed E-state index contributed by atoms with van der Waals surface area (Å²) in [5.74, 6) is -1.94. The van der Waals surface area contributed by atoms with Gasteiger partial charge in [0.2, 0.25) is 11.8 Å². The van der Waals surface area contributed by atoms with Gasteiger partial charge in [0.1, 0.15) is 6.04 Å². The molecule has 0 bridgehead atoms. The van der Waals surface area contributed by atoms with Gasteiger partial charge >= 0.3 is 0 Å². The highest BCUT2D eigenvalue weighted by molar-refractivity contribution is 6.24. The Hall–Kier alpha value is -2.62. The highest BCUT2D eigenvalue weighted by Crippen LogP contribution is 2.37. The van der Waals surface area contributed by atoms with Crippen molar-refractivity contribution in [1.29, 1.82) is 0 Å². The molecule has 31 heavy (non-hydrogen) atoms. The molecule has 1 aromatic rings. The molecule has 1 saturated carbocycles. The van der Waals surface area contributed by atoms with Crippen LogP contribution in [0.1, 0.15) is 58.4 Å². The summed E-state index contributed by atoms with van der Waals surface area (Å²) in [5.41, 5.74) is 1.34. The number of nitrogens with zero attached hydrogens (tertiary/aromatic N) is 1. The second kappa shape index (κ2) is 7.81. The molecule has 9 nitrogen and oxygen atoms in total. The lowest BCUT2D eigenvalue weighted by molar-refractivity contribution is -0.155. The molecule has 3 aliphatic heterocycles. The van der Waals surface area contributed by atoms with Crippen LogP contribution in [0.4, 0.5) is 0 Å². The van der Waals surface area contributed by atoms with Gasteiger partial charge in [-0.15, -0.1) is 0 Å². The zero-order chi connectivity index (χ0) is 21.6. The quantitative estimate of drug-likeness (QED) is 0.571. The molecule has 2 saturated heterocycles. The molecule has 3 heterocycles. The number of carbonyl (C=O) groups is 4. The molecule has 9 heteroatoms. The molecule has 3 N–H and O–H groups in total. The van der Waals surface area contributed by atoms with E-state index in [2.05, 4.69) is 16.0 Å². The molecule has 1 aromatic carbocycles. The average molecular weight is 426 g/mol. The number of hydrogen-bond acceptors (Lipinski definition) is 7. The Labute approximate surface area is 179 Å². The van der Waals surface area contributed by atoms with Gasteiger partial charge in [0.15, 0.2) is 0 Å². The van der Waals surface area contributed by atoms with Crippen molar-refractivity contribution in [3.8, 4) is 0 Å². The molecular weight excluding hydrogens is 400 g/mol. The van der Waals surface area contributed by atoms with Crippen LogP contribution in [0.3, 0.4) is 0 Å². The first-order chi connectivity index (χ1) is 15.0. The van der Waals surface area contributed by atoms with Crippen LogP contribution in [0.25, 0.3) is 0 Å². The van der Waals surface area contributed by atoms with Crippen LogP contribution in [-0.4, -0.2) is 65.9 Å². The van der Waals surface area contributed by atoms with E-state index < -0.39 is 23.8 Å². The number of hydrogen-bond donors (Lipinski definition) is 3. The van der Waals surface area contributed by atoms with Gasteiger partial charge in [0.05, 0.1) is 22.8 Å². The molecule has 3 fully saturated rings. The van der Waals surface area contributed by atoms with Crippen molar-refractivity contribution in [2.45, 2.75) is 56.4 Å². The smallest absolute Gasteiger partial charge is 0.262 e. The number of rotatable bonds is 5. The van der Waals surface area contributed by atoms with Gasteiger partial charge in [-0.3, -0.25) is 29.4 Å². The van der Waals surface area contributed by atoms with Crippen molar-refractivity contribution in [3.63, 3.8) is 0 Å². The summed E-state index contributed by atoms with van der Waals surface area (Å²) in [6.07, 6.45) is 3.71. The first-order valence-corrected chi connectivity index (χ1v) is 10.9. The molecule has 4 aliphatic rings. The summed E-state index contributed by atoms with van der Waals surface area (Å²) in [7, 11) is 0. The van der Waals surface area contributed by atoms with Crippen LogP contribution in [0.15, 0.2) is 18.2 Å². The van der Waals surface area contributed by atoms with Gasteiger partial charge in [0, 0.05) is 32.6 Å². The highest BCUT2D eigenvalue weighted by Gasteiger charge is 2.45.